The predicted molar refractivity (Wildman–Crippen MR) is 172 cm³/mol. The Morgan fingerprint density at radius 3 is 1.03 bits per heavy atom. The van der Waals surface area contributed by atoms with Crippen molar-refractivity contribution in [1.82, 2.24) is 0 Å². The number of nitrogens with two attached hydrogens (primary N) is 4. The predicted octanol–water partition coefficient (Wildman–Crippen LogP) is 8.72. The van der Waals surface area contributed by atoms with Gasteiger partial charge in [-0.3, -0.25) is 0 Å². The van der Waals surface area contributed by atoms with Gasteiger partial charge in [0.25, 0.3) is 0 Å². The van der Waals surface area contributed by atoms with Crippen LogP contribution in [-0.4, -0.2) is 0 Å². The smallest absolute Gasteiger partial charge is 0.0677 e. The third kappa shape index (κ3) is 2.89. The quantitative estimate of drug-likeness (QED) is 0.181. The number of thioether (sulfide) groups is 3. The van der Waals surface area contributed by atoms with E-state index in [0.717, 1.165) is 19.6 Å². The van der Waals surface area contributed by atoms with Gasteiger partial charge in [-0.2, -0.15) is 0 Å². The minimum atomic E-state index is -4.20. The van der Waals surface area contributed by atoms with Crippen molar-refractivity contribution in [3.05, 3.63) is 127 Å². The molecule has 38 heavy (non-hydrogen) atoms. The molecule has 0 amide bonds. The van der Waals surface area contributed by atoms with Gasteiger partial charge in [-0.15, -0.1) is 8.29 Å². The van der Waals surface area contributed by atoms with Crippen molar-refractivity contribution >= 4 is 66.3 Å². The van der Waals surface area contributed by atoms with Crippen molar-refractivity contribution < 1.29 is 0 Å². The molecular formula is C30H28N4S4. The van der Waals surface area contributed by atoms with Crippen molar-refractivity contribution in [2.24, 2.45) is 0 Å². The Morgan fingerprint density at radius 2 is 0.711 bits per heavy atom. The van der Waals surface area contributed by atoms with Crippen molar-refractivity contribution in [3.8, 4) is 0 Å². The third-order valence-corrected chi connectivity index (χ3v) is 20.6. The van der Waals surface area contributed by atoms with Gasteiger partial charge in [-0.25, -0.2) is 0 Å². The van der Waals surface area contributed by atoms with Gasteiger partial charge in [-0.05, 0) is 138 Å². The highest BCUT2D eigenvalue weighted by molar-refractivity contribution is 8.74. The average molecular weight is 573 g/mol. The molecule has 6 rings (SSSR count). The zero-order valence-electron chi connectivity index (χ0n) is 20.5. The summed E-state index contributed by atoms with van der Waals surface area (Å²) >= 11 is 5.31. The Hall–Kier alpha value is -3.30. The monoisotopic (exact) mass is 572 g/mol. The van der Waals surface area contributed by atoms with E-state index in [1.165, 1.54) is 8.47 Å². The van der Waals surface area contributed by atoms with Gasteiger partial charge in [0.1, 0.15) is 0 Å². The van der Waals surface area contributed by atoms with Crippen LogP contribution >= 0.6 is 43.6 Å². The van der Waals surface area contributed by atoms with Crippen LogP contribution in [-0.2, 0) is 0 Å². The van der Waals surface area contributed by atoms with E-state index in [-0.39, 0.29) is 0 Å². The summed E-state index contributed by atoms with van der Waals surface area (Å²) in [5.74, 6) is 0. The van der Waals surface area contributed by atoms with Crippen LogP contribution in [0.2, 0.25) is 0 Å². The third-order valence-electron chi connectivity index (χ3n) is 7.57. The van der Waals surface area contributed by atoms with Crippen LogP contribution in [0.5, 0.6) is 0 Å². The van der Waals surface area contributed by atoms with Gasteiger partial charge in [0, 0.05) is 22.7 Å². The summed E-state index contributed by atoms with van der Waals surface area (Å²) in [6, 6.07) is 33.5. The summed E-state index contributed by atoms with van der Waals surface area (Å²) in [7, 11) is -4.20. The van der Waals surface area contributed by atoms with E-state index in [1.807, 2.05) is 48.5 Å². The van der Waals surface area contributed by atoms with Crippen molar-refractivity contribution in [2.45, 2.75) is 19.6 Å². The Balaban J connectivity index is 2.01. The highest BCUT2D eigenvalue weighted by Crippen LogP contribution is 3.14. The summed E-state index contributed by atoms with van der Waals surface area (Å²) in [5, 5.41) is 9.02. The first-order valence-electron chi connectivity index (χ1n) is 11.9. The summed E-state index contributed by atoms with van der Waals surface area (Å²) in [5.41, 5.74) is 28.0. The molecule has 0 fully saturated rings. The maximum Gasteiger partial charge on any atom is 0.0677 e. The highest BCUT2D eigenvalue weighted by atomic mass is 32.4. The van der Waals surface area contributed by atoms with Gasteiger partial charge in [0.2, 0.25) is 0 Å². The minimum Gasteiger partial charge on any atom is -0.399 e. The number of benzene rings is 4. The largest absolute Gasteiger partial charge is 0.399 e. The molecule has 0 spiro atoms. The number of hydrogen-bond donors (Lipinski definition) is 4. The minimum absolute atomic E-state index is 0.710. The van der Waals surface area contributed by atoms with Crippen LogP contribution in [0.4, 0.5) is 22.7 Å². The number of nitrogen functional groups attached to an aromatic ring is 4. The van der Waals surface area contributed by atoms with E-state index in [1.54, 1.807) is 35.3 Å². The highest BCUT2D eigenvalue weighted by Gasteiger charge is 2.70. The first-order valence-corrected chi connectivity index (χ1v) is 17.1. The molecule has 0 aliphatic carbocycles. The SMILES string of the molecule is Nc1ccc(S2(c3ccc(N)cc3)(c3ccc(N)cc3)(c3ccc(N)cc3)C=CSC2=C2SC=CS2)cc1. The van der Waals surface area contributed by atoms with E-state index in [0.29, 0.717) is 22.7 Å². The second-order valence-corrected chi connectivity index (χ2v) is 18.4. The second-order valence-electron chi connectivity index (χ2n) is 9.36. The fourth-order valence-electron chi connectivity index (χ4n) is 5.81. The summed E-state index contributed by atoms with van der Waals surface area (Å²) in [4.78, 5) is 4.59. The molecule has 192 valence electrons. The number of rotatable bonds is 4. The molecule has 4 nitrogen and oxygen atoms in total. The fraction of sp³-hybridized carbons (Fsp3) is 0. The zero-order chi connectivity index (χ0) is 26.4. The normalized spacial score (nSPS) is 20.4. The van der Waals surface area contributed by atoms with E-state index >= 15 is 0 Å². The lowest BCUT2D eigenvalue weighted by molar-refractivity contribution is 1.18. The van der Waals surface area contributed by atoms with Gasteiger partial charge < -0.3 is 22.9 Å². The number of hydrogen-bond acceptors (Lipinski definition) is 7. The second kappa shape index (κ2) is 8.61. The molecule has 0 radical (unpaired) electrons. The molecule has 0 bridgehead atoms. The van der Waals surface area contributed by atoms with E-state index in [2.05, 4.69) is 70.2 Å². The topological polar surface area (TPSA) is 104 Å². The molecule has 2 heterocycles. The lowest BCUT2D eigenvalue weighted by Gasteiger charge is -2.77. The first-order chi connectivity index (χ1) is 18.4. The molecule has 8 N–H and O–H groups in total. The molecule has 0 unspecified atom stereocenters. The number of anilines is 4. The van der Waals surface area contributed by atoms with Crippen LogP contribution in [0.3, 0.4) is 0 Å². The average Bonchev–Trinajstić information content (AvgIpc) is 3.59. The molecule has 0 saturated carbocycles. The van der Waals surface area contributed by atoms with E-state index in [9.17, 15) is 0 Å². The van der Waals surface area contributed by atoms with Crippen molar-refractivity contribution in [2.75, 3.05) is 22.9 Å². The maximum absolute atomic E-state index is 6.30. The molecule has 4 aromatic carbocycles. The molecule has 2 aliphatic heterocycles. The Labute approximate surface area is 234 Å². The molecule has 2 aliphatic rings. The van der Waals surface area contributed by atoms with E-state index < -0.39 is 8.29 Å². The standard InChI is InChI=1S/C30H28N4S4/c31-21-1-9-25(10-2-21)38(26-11-3-22(32)4-12-26,27-13-5-23(33)6-14-27,28-15-7-24(34)8-16-28)20-19-37-30(38)29-35-17-18-36-29/h1-20H,31-34H2. The van der Waals surface area contributed by atoms with E-state index in [4.69, 9.17) is 22.9 Å². The van der Waals surface area contributed by atoms with Crippen LogP contribution in [0, 0.1) is 0 Å². The molecule has 0 atom stereocenters. The van der Waals surface area contributed by atoms with Gasteiger partial charge >= 0.3 is 0 Å². The van der Waals surface area contributed by atoms with Crippen LogP contribution in [0.25, 0.3) is 0 Å². The van der Waals surface area contributed by atoms with Crippen LogP contribution in [0.1, 0.15) is 0 Å². The molecular weight excluding hydrogens is 545 g/mol. The lowest BCUT2D eigenvalue weighted by atomic mass is 10.3. The fourth-order valence-corrected chi connectivity index (χ4v) is 20.5. The maximum atomic E-state index is 6.30. The molecule has 4 aromatic rings. The summed E-state index contributed by atoms with van der Waals surface area (Å²) < 4.78 is 2.51. The van der Waals surface area contributed by atoms with Crippen molar-refractivity contribution in [1.29, 1.82) is 0 Å². The van der Waals surface area contributed by atoms with Gasteiger partial charge in [0.15, 0.2) is 0 Å². The first kappa shape index (κ1) is 25.0. The van der Waals surface area contributed by atoms with Crippen LogP contribution in [0.15, 0.2) is 147 Å². The Bertz CT molecular complexity index is 1430. The molecule has 0 saturated heterocycles. The molecule has 0 aromatic heterocycles. The zero-order valence-corrected chi connectivity index (χ0v) is 23.8. The summed E-state index contributed by atoms with van der Waals surface area (Å²) in [6.45, 7) is 0. The van der Waals surface area contributed by atoms with Gasteiger partial charge in [0.05, 0.1) is 8.47 Å². The summed E-state index contributed by atoms with van der Waals surface area (Å²) in [6.07, 6.45) is 0. The Morgan fingerprint density at radius 1 is 0.395 bits per heavy atom. The molecule has 8 heteroatoms. The van der Waals surface area contributed by atoms with Crippen molar-refractivity contribution in [3.63, 3.8) is 0 Å². The Kier molecular flexibility index (Phi) is 5.66. The van der Waals surface area contributed by atoms with Crippen LogP contribution < -0.4 is 22.9 Å². The van der Waals surface area contributed by atoms with Gasteiger partial charge in [-0.1, -0.05) is 35.3 Å². The lowest BCUT2D eigenvalue weighted by Crippen LogP contribution is -2.35.